The second kappa shape index (κ2) is 4.01. The van der Waals surface area contributed by atoms with Gasteiger partial charge in [-0.3, -0.25) is 4.79 Å². The van der Waals surface area contributed by atoms with Crippen molar-refractivity contribution in [2.24, 2.45) is 0 Å². The summed E-state index contributed by atoms with van der Waals surface area (Å²) in [6.45, 7) is 0.0106. The molecule has 0 bridgehead atoms. The zero-order valence-corrected chi connectivity index (χ0v) is 10.9. The van der Waals surface area contributed by atoms with E-state index >= 15 is 0 Å². The van der Waals surface area contributed by atoms with Gasteiger partial charge in [0, 0.05) is 12.1 Å². The highest BCUT2D eigenvalue weighted by Crippen LogP contribution is 2.33. The Labute approximate surface area is 115 Å². The van der Waals surface area contributed by atoms with Crippen molar-refractivity contribution in [3.8, 4) is 0 Å². The van der Waals surface area contributed by atoms with Gasteiger partial charge in [-0.05, 0) is 30.9 Å². The zero-order valence-electron chi connectivity index (χ0n) is 10.9. The Hall–Kier alpha value is -1.98. The lowest BCUT2D eigenvalue weighted by molar-refractivity contribution is -0.119. The van der Waals surface area contributed by atoms with Crippen LogP contribution in [0, 0.1) is 0 Å². The van der Waals surface area contributed by atoms with E-state index in [1.807, 2.05) is 6.07 Å². The summed E-state index contributed by atoms with van der Waals surface area (Å²) in [6.07, 6.45) is 1.96. The van der Waals surface area contributed by atoms with E-state index in [0.717, 1.165) is 29.9 Å². The molecule has 0 unspecified atom stereocenters. The number of pyridine rings is 1. The average molecular weight is 275 g/mol. The van der Waals surface area contributed by atoms with Crippen LogP contribution in [-0.4, -0.2) is 40.6 Å². The zero-order chi connectivity index (χ0) is 13.9. The number of carbonyl (C=O) groups is 2. The molecule has 2 aliphatic heterocycles. The number of halogens is 1. The Kier molecular flexibility index (Phi) is 2.37. The van der Waals surface area contributed by atoms with Crippen molar-refractivity contribution in [2.75, 3.05) is 11.4 Å². The van der Waals surface area contributed by atoms with Crippen molar-refractivity contribution in [1.29, 1.82) is 0 Å². The first-order valence-electron chi connectivity index (χ1n) is 6.92. The van der Waals surface area contributed by atoms with Crippen molar-refractivity contribution in [1.82, 2.24) is 9.88 Å². The van der Waals surface area contributed by atoms with Crippen LogP contribution < -0.4 is 4.90 Å². The maximum absolute atomic E-state index is 13.3. The predicted molar refractivity (Wildman–Crippen MR) is 69.2 cm³/mol. The molecule has 2 atom stereocenters. The molecule has 3 heterocycles. The van der Waals surface area contributed by atoms with Crippen LogP contribution in [0.15, 0.2) is 12.1 Å². The molecular weight excluding hydrogens is 261 g/mol. The number of anilines is 1. The highest BCUT2D eigenvalue weighted by molar-refractivity contribution is 6.21. The van der Waals surface area contributed by atoms with Gasteiger partial charge in [0.1, 0.15) is 18.0 Å². The minimum atomic E-state index is -1.09. The standard InChI is InChI=1S/C14H14FN3O2/c15-9-6-11-13(19)18(14(20)17(11)7-9)12-5-4-8-2-1-3-10(8)16-12/h4-5,9,11H,1-3,6-7H2/t9-,11-/m0/s1. The molecule has 0 N–H and O–H groups in total. The van der Waals surface area contributed by atoms with E-state index in [2.05, 4.69) is 4.98 Å². The predicted octanol–water partition coefficient (Wildman–Crippen LogP) is 1.45. The Morgan fingerprint density at radius 1 is 1.25 bits per heavy atom. The first kappa shape index (κ1) is 11.8. The Morgan fingerprint density at radius 2 is 2.10 bits per heavy atom. The van der Waals surface area contributed by atoms with Gasteiger partial charge >= 0.3 is 6.03 Å². The summed E-state index contributed by atoms with van der Waals surface area (Å²) in [6, 6.07) is 2.57. The van der Waals surface area contributed by atoms with Gasteiger partial charge in [0.2, 0.25) is 0 Å². The highest BCUT2D eigenvalue weighted by Gasteiger charge is 2.51. The van der Waals surface area contributed by atoms with Crippen LogP contribution in [-0.2, 0) is 17.6 Å². The number of fused-ring (bicyclic) bond motifs is 2. The molecule has 5 nitrogen and oxygen atoms in total. The van der Waals surface area contributed by atoms with E-state index < -0.39 is 18.2 Å². The van der Waals surface area contributed by atoms with Gasteiger partial charge in [-0.25, -0.2) is 19.1 Å². The van der Waals surface area contributed by atoms with Crippen molar-refractivity contribution in [3.63, 3.8) is 0 Å². The SMILES string of the molecule is O=C1[C@@H]2C[C@H](F)CN2C(=O)N1c1ccc2c(n1)CCC2. The molecule has 4 rings (SSSR count). The number of amides is 3. The van der Waals surface area contributed by atoms with Crippen LogP contribution >= 0.6 is 0 Å². The van der Waals surface area contributed by atoms with Gasteiger partial charge in [0.05, 0.1) is 6.54 Å². The Bertz CT molecular complexity index is 594. The third-order valence-corrected chi connectivity index (χ3v) is 4.34. The topological polar surface area (TPSA) is 53.5 Å². The summed E-state index contributed by atoms with van der Waals surface area (Å²) >= 11 is 0. The number of hydrogen-bond acceptors (Lipinski definition) is 3. The monoisotopic (exact) mass is 275 g/mol. The highest BCUT2D eigenvalue weighted by atomic mass is 19.1. The molecule has 3 aliphatic rings. The molecule has 20 heavy (non-hydrogen) atoms. The largest absolute Gasteiger partial charge is 0.333 e. The summed E-state index contributed by atoms with van der Waals surface area (Å²) in [5, 5.41) is 0. The van der Waals surface area contributed by atoms with Gasteiger partial charge < -0.3 is 4.90 Å². The van der Waals surface area contributed by atoms with Gasteiger partial charge in [0.15, 0.2) is 0 Å². The molecule has 1 aromatic heterocycles. The average Bonchev–Trinajstić information content (AvgIpc) is 3.08. The second-order valence-electron chi connectivity index (χ2n) is 5.59. The van der Waals surface area contributed by atoms with Crippen molar-refractivity contribution < 1.29 is 14.0 Å². The summed E-state index contributed by atoms with van der Waals surface area (Å²) in [5.74, 6) is 0.0334. The van der Waals surface area contributed by atoms with Gasteiger partial charge in [-0.1, -0.05) is 6.07 Å². The number of aromatic nitrogens is 1. The summed E-state index contributed by atoms with van der Waals surface area (Å²) < 4.78 is 13.3. The number of aryl methyl sites for hydroxylation is 2. The van der Waals surface area contributed by atoms with Gasteiger partial charge in [0.25, 0.3) is 5.91 Å². The van der Waals surface area contributed by atoms with Crippen LogP contribution in [0.4, 0.5) is 15.0 Å². The van der Waals surface area contributed by atoms with Gasteiger partial charge in [-0.15, -0.1) is 0 Å². The molecule has 0 spiro atoms. The number of carbonyl (C=O) groups excluding carboxylic acids is 2. The molecule has 0 aromatic carbocycles. The molecule has 2 saturated heterocycles. The number of rotatable bonds is 1. The molecule has 0 radical (unpaired) electrons. The van der Waals surface area contributed by atoms with E-state index in [1.165, 1.54) is 10.5 Å². The first-order valence-corrected chi connectivity index (χ1v) is 6.92. The number of nitrogens with zero attached hydrogens (tertiary/aromatic N) is 3. The summed E-state index contributed by atoms with van der Waals surface area (Å²) in [7, 11) is 0. The minimum absolute atomic E-state index is 0.0106. The molecule has 0 saturated carbocycles. The Balaban J connectivity index is 1.70. The van der Waals surface area contributed by atoms with Crippen LogP contribution in [0.5, 0.6) is 0 Å². The van der Waals surface area contributed by atoms with Crippen LogP contribution in [0.25, 0.3) is 0 Å². The smallest absolute Gasteiger partial charge is 0.309 e. The van der Waals surface area contributed by atoms with E-state index in [-0.39, 0.29) is 18.9 Å². The number of urea groups is 1. The normalized spacial score (nSPS) is 28.2. The fourth-order valence-electron chi connectivity index (χ4n) is 3.35. The first-order chi connectivity index (χ1) is 9.65. The lowest BCUT2D eigenvalue weighted by atomic mass is 10.2. The molecule has 1 aromatic rings. The van der Waals surface area contributed by atoms with E-state index in [9.17, 15) is 14.0 Å². The van der Waals surface area contributed by atoms with E-state index in [1.54, 1.807) is 6.07 Å². The van der Waals surface area contributed by atoms with Crippen molar-refractivity contribution >= 4 is 17.8 Å². The van der Waals surface area contributed by atoms with Gasteiger partial charge in [-0.2, -0.15) is 0 Å². The summed E-state index contributed by atoms with van der Waals surface area (Å²) in [4.78, 5) is 31.4. The fraction of sp³-hybridized carbons (Fsp3) is 0.500. The van der Waals surface area contributed by atoms with Crippen molar-refractivity contribution in [3.05, 3.63) is 23.4 Å². The molecule has 3 amide bonds. The molecular formula is C14H14FN3O2. The van der Waals surface area contributed by atoms with Crippen molar-refractivity contribution in [2.45, 2.75) is 37.9 Å². The van der Waals surface area contributed by atoms with Crippen LogP contribution in [0.3, 0.4) is 0 Å². The quantitative estimate of drug-likeness (QED) is 0.729. The number of hydrogen-bond donors (Lipinski definition) is 0. The molecule has 104 valence electrons. The maximum atomic E-state index is 13.3. The van der Waals surface area contributed by atoms with E-state index in [4.69, 9.17) is 0 Å². The minimum Gasteiger partial charge on any atom is -0.309 e. The summed E-state index contributed by atoms with van der Waals surface area (Å²) in [5.41, 5.74) is 2.16. The third kappa shape index (κ3) is 1.50. The number of imide groups is 1. The lowest BCUT2D eigenvalue weighted by Gasteiger charge is -2.15. The Morgan fingerprint density at radius 3 is 2.90 bits per heavy atom. The van der Waals surface area contributed by atoms with Crippen LogP contribution in [0.1, 0.15) is 24.1 Å². The molecule has 6 heteroatoms. The fourth-order valence-corrected chi connectivity index (χ4v) is 3.35. The second-order valence-corrected chi connectivity index (χ2v) is 5.59. The van der Waals surface area contributed by atoms with E-state index in [0.29, 0.717) is 5.82 Å². The van der Waals surface area contributed by atoms with Crippen LogP contribution in [0.2, 0.25) is 0 Å². The molecule has 1 aliphatic carbocycles. The maximum Gasteiger partial charge on any atom is 0.333 e. The third-order valence-electron chi connectivity index (χ3n) is 4.34. The number of alkyl halides is 1. The lowest BCUT2D eigenvalue weighted by Crippen LogP contribution is -2.35. The molecule has 2 fully saturated rings.